The number of hydrogen-bond acceptors (Lipinski definition) is 11. The van der Waals surface area contributed by atoms with Crippen LogP contribution in [0, 0.1) is 11.3 Å². The van der Waals surface area contributed by atoms with Crippen LogP contribution in [0.25, 0.3) is 0 Å². The van der Waals surface area contributed by atoms with Crippen molar-refractivity contribution in [3.05, 3.63) is 74.7 Å². The third kappa shape index (κ3) is 5.78. The highest BCUT2D eigenvalue weighted by molar-refractivity contribution is 8.01. The van der Waals surface area contributed by atoms with E-state index in [4.69, 9.17) is 38.4 Å². The molecule has 1 amide bonds. The lowest BCUT2D eigenvalue weighted by Crippen LogP contribution is -2.38. The van der Waals surface area contributed by atoms with Crippen LogP contribution in [0.3, 0.4) is 0 Å². The number of allylic oxidation sites excluding steroid dienone is 3. The van der Waals surface area contributed by atoms with Gasteiger partial charge in [0.25, 0.3) is 0 Å². The number of halogens is 2. The van der Waals surface area contributed by atoms with Gasteiger partial charge in [-0.1, -0.05) is 52.4 Å². The molecule has 1 aromatic heterocycles. The van der Waals surface area contributed by atoms with Gasteiger partial charge in [0.2, 0.25) is 11.0 Å². The molecule has 2 aliphatic rings. The molecule has 3 N–H and O–H groups in total. The van der Waals surface area contributed by atoms with E-state index in [0.717, 1.165) is 0 Å². The molecule has 0 saturated carbocycles. The first-order valence-electron chi connectivity index (χ1n) is 12.6. The van der Waals surface area contributed by atoms with Crippen LogP contribution < -0.4 is 25.4 Å². The SMILES string of the molecule is COc1ccc(C2C(C#N)=C(N)N(c3nnc(SCC(=O)Nc4ccc(Cl)cc4Cl)s3)C3=C2C(=O)CCC3)c(OC)c1. The average molecular weight is 644 g/mol. The van der Waals surface area contributed by atoms with Gasteiger partial charge < -0.3 is 20.5 Å². The van der Waals surface area contributed by atoms with Gasteiger partial charge in [0.05, 0.1) is 48.2 Å². The van der Waals surface area contributed by atoms with Gasteiger partial charge in [0.15, 0.2) is 10.1 Å². The molecule has 5 rings (SSSR count). The van der Waals surface area contributed by atoms with Gasteiger partial charge in [-0.25, -0.2) is 0 Å². The third-order valence-electron chi connectivity index (χ3n) is 6.78. The Hall–Kier alpha value is -3.76. The molecule has 1 atom stereocenters. The molecule has 0 fully saturated rings. The van der Waals surface area contributed by atoms with Crippen LogP contribution in [0.2, 0.25) is 10.0 Å². The van der Waals surface area contributed by atoms with Crippen LogP contribution >= 0.6 is 46.3 Å². The molecule has 2 heterocycles. The van der Waals surface area contributed by atoms with Crippen molar-refractivity contribution in [2.24, 2.45) is 5.73 Å². The second-order valence-corrected chi connectivity index (χ2v) is 12.3. The predicted octanol–water partition coefficient (Wildman–Crippen LogP) is 5.90. The Morgan fingerprint density at radius 1 is 1.21 bits per heavy atom. The molecule has 1 unspecified atom stereocenters. The number of nitrogens with two attached hydrogens (primary N) is 1. The molecule has 42 heavy (non-hydrogen) atoms. The number of hydrogen-bond donors (Lipinski definition) is 2. The second-order valence-electron chi connectivity index (χ2n) is 9.24. The number of carbonyl (C=O) groups is 2. The third-order valence-corrected chi connectivity index (χ3v) is 9.37. The normalized spacial score (nSPS) is 16.7. The Bertz CT molecular complexity index is 1680. The van der Waals surface area contributed by atoms with E-state index in [9.17, 15) is 14.9 Å². The minimum Gasteiger partial charge on any atom is -0.497 e. The number of nitrogens with zero attached hydrogens (tertiary/aromatic N) is 4. The van der Waals surface area contributed by atoms with Gasteiger partial charge in [0.1, 0.15) is 17.3 Å². The van der Waals surface area contributed by atoms with Crippen LogP contribution in [-0.2, 0) is 9.59 Å². The summed E-state index contributed by atoms with van der Waals surface area (Å²) in [5.74, 6) is 0.207. The van der Waals surface area contributed by atoms with Crippen molar-refractivity contribution in [1.29, 1.82) is 5.26 Å². The van der Waals surface area contributed by atoms with Gasteiger partial charge >= 0.3 is 0 Å². The largest absolute Gasteiger partial charge is 0.497 e. The molecule has 14 heteroatoms. The van der Waals surface area contributed by atoms with E-state index in [1.807, 2.05) is 0 Å². The van der Waals surface area contributed by atoms with Crippen LogP contribution in [0.15, 0.2) is 63.4 Å². The van der Waals surface area contributed by atoms with Gasteiger partial charge in [-0.15, -0.1) is 10.2 Å². The smallest absolute Gasteiger partial charge is 0.234 e. The summed E-state index contributed by atoms with van der Waals surface area (Å²) in [6.45, 7) is 0. The van der Waals surface area contributed by atoms with Gasteiger partial charge in [-0.3, -0.25) is 14.5 Å². The maximum Gasteiger partial charge on any atom is 0.234 e. The number of amides is 1. The zero-order valence-electron chi connectivity index (χ0n) is 22.4. The quantitative estimate of drug-likeness (QED) is 0.285. The maximum atomic E-state index is 13.4. The summed E-state index contributed by atoms with van der Waals surface area (Å²) in [5, 5.41) is 22.8. The molecule has 1 aliphatic heterocycles. The average Bonchev–Trinajstić information content (AvgIpc) is 3.45. The number of anilines is 2. The number of methoxy groups -OCH3 is 2. The number of rotatable bonds is 8. The summed E-state index contributed by atoms with van der Waals surface area (Å²) < 4.78 is 11.5. The molecule has 0 saturated heterocycles. The molecule has 1 aliphatic carbocycles. The number of aromatic nitrogens is 2. The molecule has 0 bridgehead atoms. The Balaban J connectivity index is 1.44. The minimum absolute atomic E-state index is 0.0497. The first kappa shape index (κ1) is 29.7. The van der Waals surface area contributed by atoms with Crippen LogP contribution in [0.1, 0.15) is 30.7 Å². The van der Waals surface area contributed by atoms with E-state index in [0.29, 0.717) is 72.8 Å². The van der Waals surface area contributed by atoms with E-state index in [1.54, 1.807) is 48.4 Å². The number of ketones is 1. The van der Waals surface area contributed by atoms with Crippen molar-refractivity contribution in [2.45, 2.75) is 29.5 Å². The fourth-order valence-electron chi connectivity index (χ4n) is 4.93. The number of nitrogens with one attached hydrogen (secondary N) is 1. The molecular weight excluding hydrogens is 619 g/mol. The lowest BCUT2D eigenvalue weighted by molar-refractivity contribution is -0.116. The highest BCUT2D eigenvalue weighted by atomic mass is 35.5. The number of carbonyl (C=O) groups excluding carboxylic acids is 2. The van der Waals surface area contributed by atoms with E-state index in [2.05, 4.69) is 21.6 Å². The molecule has 0 radical (unpaired) electrons. The Morgan fingerprint density at radius 2 is 2.02 bits per heavy atom. The summed E-state index contributed by atoms with van der Waals surface area (Å²) >= 11 is 14.5. The monoisotopic (exact) mass is 642 g/mol. The Labute approximate surface area is 260 Å². The molecule has 10 nitrogen and oxygen atoms in total. The van der Waals surface area contributed by atoms with E-state index in [-0.39, 0.29) is 28.8 Å². The lowest BCUT2D eigenvalue weighted by atomic mass is 9.75. The highest BCUT2D eigenvalue weighted by Crippen LogP contribution is 2.49. The van der Waals surface area contributed by atoms with Crippen molar-refractivity contribution < 1.29 is 19.1 Å². The van der Waals surface area contributed by atoms with Gasteiger partial charge in [0, 0.05) is 34.3 Å². The highest BCUT2D eigenvalue weighted by Gasteiger charge is 2.42. The molecular formula is C28H24Cl2N6O4S2. The van der Waals surface area contributed by atoms with Gasteiger partial charge in [-0.05, 0) is 37.1 Å². The standard InChI is InChI=1S/C28H24Cl2N6O4S2/c1-39-15-7-8-16(22(11-15)40-2)24-17(12-31)26(32)36(20-4-3-5-21(37)25(20)24)27-34-35-28(42-27)41-13-23(38)33-19-9-6-14(29)10-18(19)30/h6-11,24H,3-5,13,32H2,1-2H3,(H,33,38). The van der Waals surface area contributed by atoms with E-state index >= 15 is 0 Å². The first-order valence-corrected chi connectivity index (χ1v) is 15.2. The summed E-state index contributed by atoms with van der Waals surface area (Å²) in [5.41, 5.74) is 9.11. The van der Waals surface area contributed by atoms with Crippen molar-refractivity contribution in [3.8, 4) is 17.6 Å². The Kier molecular flexibility index (Phi) is 8.93. The summed E-state index contributed by atoms with van der Waals surface area (Å²) in [7, 11) is 3.07. The number of ether oxygens (including phenoxy) is 2. The van der Waals surface area contributed by atoms with E-state index in [1.165, 1.54) is 30.2 Å². The summed E-state index contributed by atoms with van der Waals surface area (Å²) in [6.07, 6.45) is 1.54. The number of benzene rings is 2. The molecule has 2 aromatic carbocycles. The topological polar surface area (TPSA) is 143 Å². The number of thioether (sulfide) groups is 1. The van der Waals surface area contributed by atoms with Crippen LogP contribution in [0.5, 0.6) is 11.5 Å². The molecule has 0 spiro atoms. The van der Waals surface area contributed by atoms with Crippen LogP contribution in [-0.4, -0.2) is 41.9 Å². The predicted molar refractivity (Wildman–Crippen MR) is 163 cm³/mol. The lowest BCUT2D eigenvalue weighted by Gasteiger charge is -2.38. The fraction of sp³-hybridized carbons (Fsp3) is 0.250. The fourth-order valence-corrected chi connectivity index (χ4v) is 7.06. The van der Waals surface area contributed by atoms with E-state index < -0.39 is 5.92 Å². The van der Waals surface area contributed by atoms with Gasteiger partial charge in [-0.2, -0.15) is 5.26 Å². The summed E-state index contributed by atoms with van der Waals surface area (Å²) in [6, 6.07) is 12.3. The number of Topliss-reactive ketones (excluding diaryl/α,β-unsaturated/α-hetero) is 1. The molecule has 3 aromatic rings. The van der Waals surface area contributed by atoms with Crippen molar-refractivity contribution >= 4 is 68.8 Å². The zero-order chi connectivity index (χ0) is 30.0. The minimum atomic E-state index is -0.708. The van der Waals surface area contributed by atoms with Crippen molar-refractivity contribution in [3.63, 3.8) is 0 Å². The summed E-state index contributed by atoms with van der Waals surface area (Å²) in [4.78, 5) is 27.6. The van der Waals surface area contributed by atoms with Crippen molar-refractivity contribution in [1.82, 2.24) is 10.2 Å². The second kappa shape index (κ2) is 12.6. The van der Waals surface area contributed by atoms with Crippen molar-refractivity contribution in [2.75, 3.05) is 30.2 Å². The zero-order valence-corrected chi connectivity index (χ0v) is 25.6. The Morgan fingerprint density at radius 3 is 2.74 bits per heavy atom. The first-order chi connectivity index (χ1) is 20.2. The molecule has 216 valence electrons. The number of nitriles is 1. The maximum absolute atomic E-state index is 13.4. The van der Waals surface area contributed by atoms with Crippen LogP contribution in [0.4, 0.5) is 10.8 Å².